The lowest BCUT2D eigenvalue weighted by Crippen LogP contribution is -2.37. The Hall–Kier alpha value is -3.81. The van der Waals surface area contributed by atoms with E-state index in [1.807, 2.05) is 43.3 Å². The first-order valence-electron chi connectivity index (χ1n) is 9.42. The van der Waals surface area contributed by atoms with Crippen LogP contribution >= 0.6 is 0 Å². The second-order valence-corrected chi connectivity index (χ2v) is 6.63. The predicted octanol–water partition coefficient (Wildman–Crippen LogP) is 2.35. The number of carbonyl (C=O) groups is 2. The average Bonchev–Trinajstić information content (AvgIpc) is 3.25. The van der Waals surface area contributed by atoms with Crippen molar-refractivity contribution < 1.29 is 9.59 Å². The summed E-state index contributed by atoms with van der Waals surface area (Å²) in [5, 5.41) is 17.6. The maximum Gasteiger partial charge on any atom is 0.268 e. The first-order valence-corrected chi connectivity index (χ1v) is 9.42. The lowest BCUT2D eigenvalue weighted by Gasteiger charge is -2.28. The average molecular weight is 388 g/mol. The van der Waals surface area contributed by atoms with Crippen molar-refractivity contribution in [3.63, 3.8) is 0 Å². The highest BCUT2D eigenvalue weighted by Crippen LogP contribution is 2.36. The third-order valence-corrected chi connectivity index (χ3v) is 4.68. The van der Waals surface area contributed by atoms with Crippen molar-refractivity contribution in [2.45, 2.75) is 19.4 Å². The summed E-state index contributed by atoms with van der Waals surface area (Å²) in [6, 6.07) is 17.7. The van der Waals surface area contributed by atoms with Gasteiger partial charge in [0, 0.05) is 12.1 Å². The summed E-state index contributed by atoms with van der Waals surface area (Å²) in [6.45, 7) is 2.46. The minimum atomic E-state index is -0.627. The van der Waals surface area contributed by atoms with Crippen molar-refractivity contribution in [1.29, 1.82) is 0 Å². The molecule has 1 aliphatic rings. The summed E-state index contributed by atoms with van der Waals surface area (Å²) in [6.07, 6.45) is 0.779. The summed E-state index contributed by atoms with van der Waals surface area (Å²) in [5.41, 5.74) is 1.77. The van der Waals surface area contributed by atoms with Crippen LogP contribution in [0, 0.1) is 0 Å². The number of nitrogens with one attached hydrogen (secondary N) is 2. The number of hydrogen-bond acceptors (Lipinski definition) is 6. The first kappa shape index (κ1) is 18.5. The third-order valence-electron chi connectivity index (χ3n) is 4.68. The number of aromatic nitrogens is 4. The fourth-order valence-corrected chi connectivity index (χ4v) is 3.32. The Morgan fingerprint density at radius 3 is 2.45 bits per heavy atom. The predicted molar refractivity (Wildman–Crippen MR) is 107 cm³/mol. The number of hydrogen-bond donors (Lipinski definition) is 2. The normalized spacial score (nSPS) is 15.4. The topological polar surface area (TPSA) is 102 Å². The van der Waals surface area contributed by atoms with E-state index < -0.39 is 6.04 Å². The molecule has 2 N–H and O–H groups in total. The van der Waals surface area contributed by atoms with E-state index in [0.717, 1.165) is 12.0 Å². The smallest absolute Gasteiger partial charge is 0.268 e. The van der Waals surface area contributed by atoms with Crippen molar-refractivity contribution >= 4 is 17.6 Å². The molecule has 0 aliphatic carbocycles. The van der Waals surface area contributed by atoms with E-state index in [0.29, 0.717) is 23.6 Å². The number of anilines is 1. The van der Waals surface area contributed by atoms with Crippen molar-refractivity contribution in [1.82, 2.24) is 25.5 Å². The summed E-state index contributed by atoms with van der Waals surface area (Å²) < 4.78 is 1.53. The molecule has 1 amide bonds. The van der Waals surface area contributed by atoms with Crippen LogP contribution in [0.1, 0.15) is 35.3 Å². The highest BCUT2D eigenvalue weighted by molar-refractivity contribution is 6.15. The number of ketones is 1. The molecule has 0 radical (unpaired) electrons. The molecule has 2 aromatic carbocycles. The number of Topliss-reactive ketones (excluding diaryl/α,β-unsaturated/α-hetero) is 1. The molecule has 3 aromatic rings. The van der Waals surface area contributed by atoms with Crippen LogP contribution in [0.3, 0.4) is 0 Å². The quantitative estimate of drug-likeness (QED) is 0.629. The number of nitrogens with zero attached hydrogens (tertiary/aromatic N) is 4. The zero-order chi connectivity index (χ0) is 20.2. The lowest BCUT2D eigenvalue weighted by molar-refractivity contribution is -0.117. The molecule has 0 saturated carbocycles. The molecule has 8 nitrogen and oxygen atoms in total. The van der Waals surface area contributed by atoms with Gasteiger partial charge < -0.3 is 10.6 Å². The highest BCUT2D eigenvalue weighted by atomic mass is 16.2. The van der Waals surface area contributed by atoms with Gasteiger partial charge in [0.25, 0.3) is 5.91 Å². The zero-order valence-corrected chi connectivity index (χ0v) is 15.9. The summed E-state index contributed by atoms with van der Waals surface area (Å²) in [7, 11) is 0. The van der Waals surface area contributed by atoms with Gasteiger partial charge in [0.05, 0.1) is 5.57 Å². The second kappa shape index (κ2) is 8.05. The maximum atomic E-state index is 13.5. The minimum Gasteiger partial charge on any atom is -0.351 e. The van der Waals surface area contributed by atoms with Gasteiger partial charge in [0.1, 0.15) is 11.7 Å². The molecule has 1 aliphatic heterocycles. The molecule has 0 saturated heterocycles. The molecule has 4 rings (SSSR count). The van der Waals surface area contributed by atoms with Crippen LogP contribution in [0.2, 0.25) is 0 Å². The minimum absolute atomic E-state index is 0.170. The van der Waals surface area contributed by atoms with Crippen molar-refractivity contribution in [2.24, 2.45) is 0 Å². The van der Waals surface area contributed by atoms with Crippen molar-refractivity contribution in [2.75, 3.05) is 11.9 Å². The van der Waals surface area contributed by atoms with Crippen LogP contribution in [0.25, 0.3) is 0 Å². The largest absolute Gasteiger partial charge is 0.351 e. The molecule has 29 heavy (non-hydrogen) atoms. The highest BCUT2D eigenvalue weighted by Gasteiger charge is 2.37. The molecule has 1 aromatic heterocycles. The standard InChI is InChI=1S/C21H20N6O2/c1-2-13-22-20(29)17-16(19(28)15-11-7-4-8-12-15)18(14-9-5-3-6-10-14)27-21(23-17)24-25-26-27/h3-12,18H,2,13H2,1H3,(H,22,29)(H,23,24,26)/t18-/m1/s1. The van der Waals surface area contributed by atoms with Crippen LogP contribution < -0.4 is 10.6 Å². The Morgan fingerprint density at radius 1 is 1.07 bits per heavy atom. The van der Waals surface area contributed by atoms with E-state index >= 15 is 0 Å². The molecule has 0 bridgehead atoms. The second-order valence-electron chi connectivity index (χ2n) is 6.63. The summed E-state index contributed by atoms with van der Waals surface area (Å²) in [5.74, 6) is -0.304. The Labute approximate surface area is 167 Å². The number of rotatable bonds is 6. The molecule has 8 heteroatoms. The van der Waals surface area contributed by atoms with Gasteiger partial charge in [-0.3, -0.25) is 9.59 Å². The van der Waals surface area contributed by atoms with E-state index in [1.54, 1.807) is 24.3 Å². The number of amides is 1. The van der Waals surface area contributed by atoms with E-state index in [1.165, 1.54) is 4.68 Å². The molecule has 146 valence electrons. The third kappa shape index (κ3) is 3.52. The maximum absolute atomic E-state index is 13.5. The monoisotopic (exact) mass is 388 g/mol. The van der Waals surface area contributed by atoms with Crippen LogP contribution in [-0.4, -0.2) is 38.4 Å². The fourth-order valence-electron chi connectivity index (χ4n) is 3.32. The fraction of sp³-hybridized carbons (Fsp3) is 0.190. The zero-order valence-electron chi connectivity index (χ0n) is 15.9. The Bertz CT molecular complexity index is 1060. The lowest BCUT2D eigenvalue weighted by atomic mass is 9.89. The van der Waals surface area contributed by atoms with Crippen LogP contribution in [0.15, 0.2) is 71.9 Å². The van der Waals surface area contributed by atoms with Crippen LogP contribution in [0.5, 0.6) is 0 Å². The number of benzene rings is 2. The molecule has 2 heterocycles. The van der Waals surface area contributed by atoms with Gasteiger partial charge in [0.15, 0.2) is 5.78 Å². The first-order chi connectivity index (χ1) is 14.2. The molecule has 0 unspecified atom stereocenters. The van der Waals surface area contributed by atoms with E-state index in [2.05, 4.69) is 26.2 Å². The number of allylic oxidation sites excluding steroid dienone is 1. The molecule has 1 atom stereocenters. The van der Waals surface area contributed by atoms with Gasteiger partial charge in [-0.1, -0.05) is 72.7 Å². The molecular formula is C21H20N6O2. The number of carbonyl (C=O) groups excluding carboxylic acids is 2. The van der Waals surface area contributed by atoms with Gasteiger partial charge in [-0.25, -0.2) is 0 Å². The number of tetrazole rings is 1. The van der Waals surface area contributed by atoms with Crippen LogP contribution in [-0.2, 0) is 4.79 Å². The Kier molecular flexibility index (Phi) is 5.15. The van der Waals surface area contributed by atoms with E-state index in [-0.39, 0.29) is 17.4 Å². The Morgan fingerprint density at radius 2 is 1.76 bits per heavy atom. The number of fused-ring (bicyclic) bond motifs is 1. The van der Waals surface area contributed by atoms with Gasteiger partial charge in [-0.05, 0) is 22.4 Å². The van der Waals surface area contributed by atoms with Gasteiger partial charge >= 0.3 is 0 Å². The summed E-state index contributed by atoms with van der Waals surface area (Å²) in [4.78, 5) is 26.5. The Balaban J connectivity index is 1.91. The molecule has 0 fully saturated rings. The van der Waals surface area contributed by atoms with Crippen molar-refractivity contribution in [3.05, 3.63) is 83.1 Å². The SMILES string of the molecule is CCCNC(=O)C1=C(C(=O)c2ccccc2)[C@@H](c2ccccc2)n2nnnc2N1. The van der Waals surface area contributed by atoms with E-state index in [9.17, 15) is 9.59 Å². The van der Waals surface area contributed by atoms with Gasteiger partial charge in [0.2, 0.25) is 5.95 Å². The molecule has 0 spiro atoms. The van der Waals surface area contributed by atoms with Crippen LogP contribution in [0.4, 0.5) is 5.95 Å². The van der Waals surface area contributed by atoms with E-state index in [4.69, 9.17) is 0 Å². The summed E-state index contributed by atoms with van der Waals surface area (Å²) >= 11 is 0. The molecular weight excluding hydrogens is 368 g/mol. The van der Waals surface area contributed by atoms with Gasteiger partial charge in [-0.2, -0.15) is 4.68 Å². The van der Waals surface area contributed by atoms with Crippen molar-refractivity contribution in [3.8, 4) is 0 Å². The van der Waals surface area contributed by atoms with Gasteiger partial charge in [-0.15, -0.1) is 0 Å².